The molecule has 0 aliphatic carbocycles. The Hall–Kier alpha value is -2.16. The molecule has 8 nitrogen and oxygen atoms in total. The van der Waals surface area contributed by atoms with Gasteiger partial charge >= 0.3 is 6.01 Å². The van der Waals surface area contributed by atoms with Gasteiger partial charge in [0.25, 0.3) is 0 Å². The Kier molecular flexibility index (Phi) is 8.28. The number of sulfone groups is 1. The summed E-state index contributed by atoms with van der Waals surface area (Å²) in [7, 11) is -3.23. The molecule has 0 amide bonds. The molecule has 9 heteroatoms. The molecular weight excluding hydrogens is 416 g/mol. The first-order valence-electron chi connectivity index (χ1n) is 11.2. The maximum Gasteiger partial charge on any atom is 0.318 e. The number of pyridine rings is 1. The lowest BCUT2D eigenvalue weighted by Gasteiger charge is -2.33. The van der Waals surface area contributed by atoms with E-state index in [0.29, 0.717) is 30.3 Å². The quantitative estimate of drug-likeness (QED) is 0.475. The molecular formula is C22H34N4O4S. The minimum Gasteiger partial charge on any atom is -0.478 e. The van der Waals surface area contributed by atoms with Gasteiger partial charge in [0.05, 0.1) is 11.5 Å². The summed E-state index contributed by atoms with van der Waals surface area (Å²) in [5, 5.41) is 8.39. The van der Waals surface area contributed by atoms with Gasteiger partial charge in [0, 0.05) is 38.0 Å². The normalized spacial score (nSPS) is 16.4. The highest BCUT2D eigenvalue weighted by Gasteiger charge is 2.26. The van der Waals surface area contributed by atoms with Crippen LogP contribution in [0.1, 0.15) is 58.3 Å². The summed E-state index contributed by atoms with van der Waals surface area (Å²) in [6.45, 7) is 6.96. The molecule has 0 aromatic carbocycles. The number of piperidine rings is 1. The largest absolute Gasteiger partial charge is 0.478 e. The fourth-order valence-corrected chi connectivity index (χ4v) is 4.51. The summed E-state index contributed by atoms with van der Waals surface area (Å²) in [5.41, 5.74) is 0. The zero-order chi connectivity index (χ0) is 22.3. The van der Waals surface area contributed by atoms with Crippen molar-refractivity contribution in [2.45, 2.75) is 63.7 Å². The van der Waals surface area contributed by atoms with Crippen molar-refractivity contribution >= 4 is 15.9 Å². The molecule has 2 aromatic heterocycles. The monoisotopic (exact) mass is 450 g/mol. The van der Waals surface area contributed by atoms with Crippen molar-refractivity contribution in [1.29, 1.82) is 0 Å². The van der Waals surface area contributed by atoms with Gasteiger partial charge in [0.15, 0.2) is 9.84 Å². The van der Waals surface area contributed by atoms with Crippen molar-refractivity contribution in [3.05, 3.63) is 24.2 Å². The first kappa shape index (κ1) is 23.5. The number of nitrogens with zero attached hydrogens (tertiary/aromatic N) is 4. The van der Waals surface area contributed by atoms with Crippen molar-refractivity contribution in [2.75, 3.05) is 30.9 Å². The zero-order valence-electron chi connectivity index (χ0n) is 18.8. The summed E-state index contributed by atoms with van der Waals surface area (Å²) in [6.07, 6.45) is 9.86. The van der Waals surface area contributed by atoms with E-state index in [1.54, 1.807) is 6.07 Å². The lowest BCUT2D eigenvalue weighted by molar-refractivity contribution is 0.239. The molecule has 2 aromatic rings. The van der Waals surface area contributed by atoms with Crippen LogP contribution in [0.4, 0.5) is 6.01 Å². The molecule has 0 saturated carbocycles. The highest BCUT2D eigenvalue weighted by molar-refractivity contribution is 7.90. The topological polar surface area (TPSA) is 98.4 Å². The molecule has 1 aliphatic heterocycles. The number of aryl methyl sites for hydroxylation is 1. The zero-order valence-corrected chi connectivity index (χ0v) is 19.6. The van der Waals surface area contributed by atoms with E-state index in [9.17, 15) is 8.42 Å². The lowest BCUT2D eigenvalue weighted by Crippen LogP contribution is -2.36. The highest BCUT2D eigenvalue weighted by Crippen LogP contribution is 2.30. The van der Waals surface area contributed by atoms with Crippen LogP contribution in [0.5, 0.6) is 5.88 Å². The number of hydrogen-bond acceptors (Lipinski definition) is 8. The maximum absolute atomic E-state index is 11.5. The summed E-state index contributed by atoms with van der Waals surface area (Å²) in [6, 6.07) is 3.81. The summed E-state index contributed by atoms with van der Waals surface area (Å²) >= 11 is 0. The van der Waals surface area contributed by atoms with Crippen LogP contribution in [-0.4, -0.2) is 49.6 Å². The van der Waals surface area contributed by atoms with E-state index < -0.39 is 9.84 Å². The van der Waals surface area contributed by atoms with E-state index in [4.69, 9.17) is 9.15 Å². The Morgan fingerprint density at radius 1 is 1.23 bits per heavy atom. The Morgan fingerprint density at radius 2 is 2.00 bits per heavy atom. The number of rotatable bonds is 11. The van der Waals surface area contributed by atoms with Gasteiger partial charge in [-0.2, -0.15) is 0 Å². The van der Waals surface area contributed by atoms with Gasteiger partial charge in [-0.05, 0) is 50.0 Å². The molecule has 172 valence electrons. The molecule has 0 bridgehead atoms. The SMILES string of the molecule is CCCCc1nnc(N2CCC(C(C)CCCOc3ccc(S(C)(=O)=O)cn3)CC2)o1. The molecule has 1 atom stereocenters. The average Bonchev–Trinajstić information content (AvgIpc) is 3.24. The number of anilines is 1. The van der Waals surface area contributed by atoms with E-state index in [1.165, 1.54) is 18.5 Å². The van der Waals surface area contributed by atoms with Crippen molar-refractivity contribution in [1.82, 2.24) is 15.2 Å². The third kappa shape index (κ3) is 6.92. The summed E-state index contributed by atoms with van der Waals surface area (Å²) in [4.78, 5) is 6.50. The fraction of sp³-hybridized carbons (Fsp3) is 0.682. The van der Waals surface area contributed by atoms with Crippen molar-refractivity contribution in [3.8, 4) is 5.88 Å². The Balaban J connectivity index is 1.35. The van der Waals surface area contributed by atoms with E-state index in [2.05, 4.69) is 33.9 Å². The van der Waals surface area contributed by atoms with E-state index in [1.807, 2.05) is 0 Å². The van der Waals surface area contributed by atoms with Gasteiger partial charge in [-0.15, -0.1) is 5.10 Å². The Bertz CT molecular complexity index is 906. The van der Waals surface area contributed by atoms with Crippen LogP contribution in [0.15, 0.2) is 27.6 Å². The number of unbranched alkanes of at least 4 members (excludes halogenated alkanes) is 1. The molecule has 1 fully saturated rings. The van der Waals surface area contributed by atoms with Crippen molar-refractivity contribution in [3.63, 3.8) is 0 Å². The van der Waals surface area contributed by atoms with E-state index >= 15 is 0 Å². The second kappa shape index (κ2) is 10.9. The van der Waals surface area contributed by atoms with Gasteiger partial charge in [-0.25, -0.2) is 13.4 Å². The number of ether oxygens (including phenoxy) is 1. The summed E-state index contributed by atoms with van der Waals surface area (Å²) in [5.74, 6) is 2.51. The minimum atomic E-state index is -3.23. The molecule has 31 heavy (non-hydrogen) atoms. The molecule has 3 heterocycles. The predicted octanol–water partition coefficient (Wildman–Crippen LogP) is 3.92. The van der Waals surface area contributed by atoms with Crippen LogP contribution < -0.4 is 9.64 Å². The molecule has 3 rings (SSSR count). The number of aromatic nitrogens is 3. The second-order valence-electron chi connectivity index (χ2n) is 8.48. The fourth-order valence-electron chi connectivity index (χ4n) is 3.95. The first-order chi connectivity index (χ1) is 14.9. The van der Waals surface area contributed by atoms with Gasteiger partial charge in [-0.3, -0.25) is 0 Å². The lowest BCUT2D eigenvalue weighted by atomic mass is 9.83. The molecule has 1 aliphatic rings. The number of hydrogen-bond donors (Lipinski definition) is 0. The van der Waals surface area contributed by atoms with Crippen LogP contribution >= 0.6 is 0 Å². The molecule has 0 radical (unpaired) electrons. The predicted molar refractivity (Wildman–Crippen MR) is 119 cm³/mol. The average molecular weight is 451 g/mol. The second-order valence-corrected chi connectivity index (χ2v) is 10.5. The van der Waals surface area contributed by atoms with Gasteiger partial charge in [0.2, 0.25) is 11.8 Å². The third-order valence-corrected chi connectivity index (χ3v) is 7.10. The van der Waals surface area contributed by atoms with E-state index in [-0.39, 0.29) is 4.90 Å². The third-order valence-electron chi connectivity index (χ3n) is 6.01. The van der Waals surface area contributed by atoms with Gasteiger partial charge in [0.1, 0.15) is 0 Å². The Morgan fingerprint density at radius 3 is 2.65 bits per heavy atom. The molecule has 1 unspecified atom stereocenters. The van der Waals surface area contributed by atoms with Crippen LogP contribution in [0.2, 0.25) is 0 Å². The first-order valence-corrected chi connectivity index (χ1v) is 13.1. The minimum absolute atomic E-state index is 0.206. The van der Waals surface area contributed by atoms with E-state index in [0.717, 1.165) is 63.9 Å². The Labute approximate surface area is 185 Å². The molecule has 0 N–H and O–H groups in total. The van der Waals surface area contributed by atoms with Gasteiger partial charge in [-0.1, -0.05) is 25.4 Å². The smallest absolute Gasteiger partial charge is 0.318 e. The van der Waals surface area contributed by atoms with Gasteiger partial charge < -0.3 is 14.1 Å². The molecule has 1 saturated heterocycles. The van der Waals surface area contributed by atoms with Crippen molar-refractivity contribution < 1.29 is 17.6 Å². The van der Waals surface area contributed by atoms with Crippen LogP contribution in [0, 0.1) is 11.8 Å². The molecule has 0 spiro atoms. The summed E-state index contributed by atoms with van der Waals surface area (Å²) < 4.78 is 34.4. The standard InChI is InChI=1S/C22H34N4O4S/c1-4-5-8-21-24-25-22(30-21)26-13-11-18(12-14-26)17(2)7-6-15-29-20-10-9-19(16-23-20)31(3,27)28/h9-10,16-18H,4-8,11-15H2,1-3H3. The van der Waals surface area contributed by atoms with Crippen LogP contribution in [0.25, 0.3) is 0 Å². The van der Waals surface area contributed by atoms with Crippen LogP contribution in [-0.2, 0) is 16.3 Å². The van der Waals surface area contributed by atoms with Crippen LogP contribution in [0.3, 0.4) is 0 Å². The maximum atomic E-state index is 11.5. The van der Waals surface area contributed by atoms with Crippen molar-refractivity contribution in [2.24, 2.45) is 11.8 Å². The highest BCUT2D eigenvalue weighted by atomic mass is 32.2.